The average Bonchev–Trinajstić information content (AvgIpc) is 2.08. The zero-order valence-corrected chi connectivity index (χ0v) is 11.2. The predicted octanol–water partition coefficient (Wildman–Crippen LogP) is 2.91. The summed E-state index contributed by atoms with van der Waals surface area (Å²) in [5.74, 6) is -0.766. The first kappa shape index (κ1) is 10.9. The minimum atomic E-state index is -0.383. The summed E-state index contributed by atoms with van der Waals surface area (Å²) in [5.41, 5.74) is 0. The molecule has 0 unspecified atom stereocenters. The van der Waals surface area contributed by atoms with E-state index in [0.717, 1.165) is 0 Å². The first-order valence-corrected chi connectivity index (χ1v) is 5.58. The molecule has 0 aromatic carbocycles. The Morgan fingerprint density at radius 3 is 1.33 bits per heavy atom. The van der Waals surface area contributed by atoms with Crippen molar-refractivity contribution in [1.29, 1.82) is 0 Å². The van der Waals surface area contributed by atoms with Gasteiger partial charge in [-0.1, -0.05) is 23.2 Å². The number of allylic oxidation sites excluding steroid dienone is 4. The molecule has 64 valence electrons. The molecule has 1 rings (SSSR count). The van der Waals surface area contributed by atoms with Gasteiger partial charge < -0.3 is 0 Å². The average molecular weight is 429 g/mol. The lowest BCUT2D eigenvalue weighted by atomic mass is 10.2. The predicted molar refractivity (Wildman–Crippen MR) is 63.8 cm³/mol. The zero-order valence-electron chi connectivity index (χ0n) is 5.33. The number of halogens is 4. The highest BCUT2D eigenvalue weighted by molar-refractivity contribution is 14.1. The van der Waals surface area contributed by atoms with Crippen LogP contribution in [0.15, 0.2) is 17.2 Å². The standard InChI is InChI=1S/C6Cl2I2O2/c7-1-2(8)6(12)4(10)3(9)5(1)11. The van der Waals surface area contributed by atoms with Crippen LogP contribution in [-0.4, -0.2) is 11.6 Å². The SMILES string of the molecule is O=C1C(Cl)=C(Cl)C(=O)C(I)=C1I. The van der Waals surface area contributed by atoms with Gasteiger partial charge in [0.25, 0.3) is 0 Å². The van der Waals surface area contributed by atoms with Crippen LogP contribution in [0.4, 0.5) is 0 Å². The van der Waals surface area contributed by atoms with Crippen LogP contribution in [0.5, 0.6) is 0 Å². The third kappa shape index (κ3) is 1.71. The molecule has 0 aliphatic heterocycles. The maximum absolute atomic E-state index is 11.2. The Morgan fingerprint density at radius 2 is 1.08 bits per heavy atom. The van der Waals surface area contributed by atoms with Crippen LogP contribution in [0.2, 0.25) is 0 Å². The summed E-state index contributed by atoms with van der Waals surface area (Å²) in [7, 11) is 0. The van der Waals surface area contributed by atoms with Gasteiger partial charge in [-0.3, -0.25) is 9.59 Å². The number of carbonyl (C=O) groups is 2. The molecule has 0 saturated heterocycles. The van der Waals surface area contributed by atoms with E-state index in [1.165, 1.54) is 0 Å². The summed E-state index contributed by atoms with van der Waals surface area (Å²) in [6.07, 6.45) is 0. The summed E-state index contributed by atoms with van der Waals surface area (Å²) in [5, 5.41) is -0.377. The van der Waals surface area contributed by atoms with Crippen molar-refractivity contribution in [3.05, 3.63) is 17.2 Å². The van der Waals surface area contributed by atoms with E-state index in [4.69, 9.17) is 23.2 Å². The second kappa shape index (κ2) is 3.93. The highest BCUT2D eigenvalue weighted by atomic mass is 127. The smallest absolute Gasteiger partial charge is 0.213 e. The number of ketones is 2. The Labute approximate surface area is 106 Å². The Bertz CT molecular complexity index is 281. The second-order valence-electron chi connectivity index (χ2n) is 1.91. The van der Waals surface area contributed by atoms with Gasteiger partial charge >= 0.3 is 0 Å². The van der Waals surface area contributed by atoms with Crippen LogP contribution < -0.4 is 0 Å². The van der Waals surface area contributed by atoms with Crippen LogP contribution in [0.1, 0.15) is 0 Å². The topological polar surface area (TPSA) is 34.1 Å². The number of hydrogen-bond acceptors (Lipinski definition) is 2. The van der Waals surface area contributed by atoms with Crippen LogP contribution >= 0.6 is 68.4 Å². The molecule has 0 radical (unpaired) electrons. The van der Waals surface area contributed by atoms with Crippen LogP contribution in [0.3, 0.4) is 0 Å². The van der Waals surface area contributed by atoms with Crippen molar-refractivity contribution in [2.75, 3.05) is 0 Å². The summed E-state index contributed by atoms with van der Waals surface area (Å²) in [6, 6.07) is 0. The molecule has 0 aromatic rings. The third-order valence-electron chi connectivity index (χ3n) is 1.18. The van der Waals surface area contributed by atoms with Crippen LogP contribution in [-0.2, 0) is 9.59 Å². The van der Waals surface area contributed by atoms with E-state index in [1.54, 1.807) is 45.2 Å². The fourth-order valence-corrected chi connectivity index (χ4v) is 2.30. The van der Waals surface area contributed by atoms with Crippen LogP contribution in [0.25, 0.3) is 0 Å². The van der Waals surface area contributed by atoms with Gasteiger partial charge in [0.05, 0.1) is 7.16 Å². The Balaban J connectivity index is 3.32. The van der Waals surface area contributed by atoms with Gasteiger partial charge in [0, 0.05) is 0 Å². The molecule has 0 N–H and O–H groups in total. The van der Waals surface area contributed by atoms with Crippen molar-refractivity contribution in [3.63, 3.8) is 0 Å². The summed E-state index contributed by atoms with van der Waals surface area (Å²) in [6.45, 7) is 0. The zero-order chi connectivity index (χ0) is 9.46. The Morgan fingerprint density at radius 1 is 0.833 bits per heavy atom. The monoisotopic (exact) mass is 428 g/mol. The molecule has 0 bridgehead atoms. The van der Waals surface area contributed by atoms with Crippen molar-refractivity contribution in [1.82, 2.24) is 0 Å². The molecule has 1 aliphatic carbocycles. The summed E-state index contributed by atoms with van der Waals surface area (Å²) < 4.78 is 0.653. The van der Waals surface area contributed by atoms with Crippen molar-refractivity contribution in [2.45, 2.75) is 0 Å². The molecule has 0 heterocycles. The van der Waals surface area contributed by atoms with Crippen LogP contribution in [0, 0.1) is 0 Å². The molecule has 0 spiro atoms. The normalized spacial score (nSPS) is 19.3. The minimum Gasteiger partial charge on any atom is -0.287 e. The van der Waals surface area contributed by atoms with Gasteiger partial charge in [0.1, 0.15) is 10.1 Å². The fraction of sp³-hybridized carbons (Fsp3) is 0. The Kier molecular flexibility index (Phi) is 3.58. The Hall–Kier alpha value is 0.860. The number of Topliss-reactive ketones (excluding diaryl/α,β-unsaturated/α-hetero) is 2. The molecule has 0 aromatic heterocycles. The second-order valence-corrected chi connectivity index (χ2v) is 4.83. The lowest BCUT2D eigenvalue weighted by Gasteiger charge is -2.09. The van der Waals surface area contributed by atoms with Gasteiger partial charge in [-0.15, -0.1) is 0 Å². The van der Waals surface area contributed by atoms with Gasteiger partial charge in [-0.2, -0.15) is 0 Å². The molecule has 12 heavy (non-hydrogen) atoms. The lowest BCUT2D eigenvalue weighted by Crippen LogP contribution is -2.14. The van der Waals surface area contributed by atoms with Crippen molar-refractivity contribution < 1.29 is 9.59 Å². The maximum atomic E-state index is 11.2. The van der Waals surface area contributed by atoms with E-state index in [-0.39, 0.29) is 21.6 Å². The fourth-order valence-electron chi connectivity index (χ4n) is 0.591. The molecule has 0 fully saturated rings. The summed E-state index contributed by atoms with van der Waals surface area (Å²) >= 11 is 14.6. The number of hydrogen-bond donors (Lipinski definition) is 0. The van der Waals surface area contributed by atoms with Crippen molar-refractivity contribution in [3.8, 4) is 0 Å². The lowest BCUT2D eigenvalue weighted by molar-refractivity contribution is -0.114. The van der Waals surface area contributed by atoms with Gasteiger partial charge in [0.15, 0.2) is 0 Å². The van der Waals surface area contributed by atoms with E-state index in [9.17, 15) is 9.59 Å². The van der Waals surface area contributed by atoms with Gasteiger partial charge in [0.2, 0.25) is 11.6 Å². The number of rotatable bonds is 0. The molecule has 1 aliphatic rings. The van der Waals surface area contributed by atoms with E-state index < -0.39 is 0 Å². The van der Waals surface area contributed by atoms with E-state index in [0.29, 0.717) is 7.16 Å². The molecular formula is C6Cl2I2O2. The maximum Gasteiger partial charge on any atom is 0.213 e. The summed E-state index contributed by atoms with van der Waals surface area (Å²) in [4.78, 5) is 22.4. The highest BCUT2D eigenvalue weighted by Gasteiger charge is 2.30. The molecule has 0 saturated carbocycles. The first-order valence-electron chi connectivity index (χ1n) is 2.66. The quantitative estimate of drug-likeness (QED) is 0.439. The first-order chi connectivity index (χ1) is 5.46. The van der Waals surface area contributed by atoms with Gasteiger partial charge in [-0.05, 0) is 45.2 Å². The largest absolute Gasteiger partial charge is 0.287 e. The molecule has 6 heteroatoms. The van der Waals surface area contributed by atoms with Gasteiger partial charge in [-0.25, -0.2) is 0 Å². The third-order valence-corrected chi connectivity index (χ3v) is 5.09. The van der Waals surface area contributed by atoms with E-state index in [1.807, 2.05) is 0 Å². The number of carbonyl (C=O) groups excluding carboxylic acids is 2. The van der Waals surface area contributed by atoms with Crippen molar-refractivity contribution >= 4 is 80.0 Å². The highest BCUT2D eigenvalue weighted by Crippen LogP contribution is 2.35. The molecule has 0 atom stereocenters. The van der Waals surface area contributed by atoms with E-state index >= 15 is 0 Å². The molecular weight excluding hydrogens is 429 g/mol. The molecule has 0 amide bonds. The minimum absolute atomic E-state index is 0.188. The van der Waals surface area contributed by atoms with Crippen molar-refractivity contribution in [2.24, 2.45) is 0 Å². The van der Waals surface area contributed by atoms with E-state index in [2.05, 4.69) is 0 Å². The molecule has 2 nitrogen and oxygen atoms in total.